The van der Waals surface area contributed by atoms with Gasteiger partial charge in [-0.3, -0.25) is 0 Å². The van der Waals surface area contributed by atoms with Gasteiger partial charge in [0.1, 0.15) is 24.2 Å². The normalized spacial score (nSPS) is 14.1. The van der Waals surface area contributed by atoms with E-state index in [1.54, 1.807) is 18.2 Å². The van der Waals surface area contributed by atoms with Gasteiger partial charge in [-0.2, -0.15) is 0 Å². The van der Waals surface area contributed by atoms with Gasteiger partial charge in [-0.25, -0.2) is 13.0 Å². The van der Waals surface area contributed by atoms with Crippen LogP contribution in [0, 0.1) is 13.8 Å². The summed E-state index contributed by atoms with van der Waals surface area (Å²) in [5.41, 5.74) is 9.46. The summed E-state index contributed by atoms with van der Waals surface area (Å²) in [5, 5.41) is 0. The zero-order valence-electron chi connectivity index (χ0n) is 20.6. The molecule has 0 fully saturated rings. The van der Waals surface area contributed by atoms with E-state index in [9.17, 15) is 13.0 Å². The van der Waals surface area contributed by atoms with Gasteiger partial charge in [-0.1, -0.05) is 18.2 Å². The largest absolute Gasteiger partial charge is 0.744 e. The Morgan fingerprint density at radius 2 is 1.42 bits per heavy atom. The fourth-order valence-corrected chi connectivity index (χ4v) is 5.66. The van der Waals surface area contributed by atoms with Crippen LogP contribution in [-0.4, -0.2) is 51.4 Å². The molecule has 0 aromatic heterocycles. The third kappa shape index (κ3) is 4.87. The molecule has 0 radical (unpaired) electrons. The molecule has 2 aromatic carbocycles. The first-order valence-electron chi connectivity index (χ1n) is 10.8. The van der Waals surface area contributed by atoms with Gasteiger partial charge in [0.25, 0.3) is 0 Å². The number of rotatable bonds is 4. The first kappa shape index (κ1) is 24.7. The minimum atomic E-state index is -4.67. The molecule has 2 aromatic rings. The molecule has 0 spiro atoms. The van der Waals surface area contributed by atoms with Crippen molar-refractivity contribution in [3.63, 3.8) is 0 Å². The Hall–Kier alpha value is -2.96. The highest BCUT2D eigenvalue weighted by atomic mass is 32.2. The van der Waals surface area contributed by atoms with E-state index in [4.69, 9.17) is 0 Å². The molecular formula is C27H32N2O3S. The Labute approximate surface area is 197 Å². The Bertz CT molecular complexity index is 1310. The molecule has 0 unspecified atom stereocenters. The van der Waals surface area contributed by atoms with Crippen LogP contribution in [0.5, 0.6) is 0 Å². The molecule has 1 aliphatic rings. The summed E-state index contributed by atoms with van der Waals surface area (Å²) >= 11 is 0. The van der Waals surface area contributed by atoms with Crippen LogP contribution in [0.25, 0.3) is 5.57 Å². The smallest absolute Gasteiger partial charge is 0.205 e. The number of benzene rings is 2. The minimum absolute atomic E-state index is 0.209. The van der Waals surface area contributed by atoms with Gasteiger partial charge in [0.05, 0.1) is 4.90 Å². The van der Waals surface area contributed by atoms with E-state index in [1.165, 1.54) is 6.07 Å². The number of anilines is 1. The zero-order valence-corrected chi connectivity index (χ0v) is 21.5. The number of aryl methyl sites for hydroxylation is 2. The lowest BCUT2D eigenvalue weighted by atomic mass is 9.85. The van der Waals surface area contributed by atoms with E-state index in [2.05, 4.69) is 33.8 Å². The number of hydrogen-bond acceptors (Lipinski definition) is 4. The molecule has 1 aliphatic carbocycles. The second kappa shape index (κ2) is 9.12. The fourth-order valence-electron chi connectivity index (χ4n) is 4.98. The standard InChI is InChI=1S/C27H32N2O3S/c1-17-13-21(14-18(2)26(17)28(5)6)25(23-11-9-10-12-24(23)33(30,31)32)22-15-19(3)27(29(7)8)20(4)16-22/h9-16H,1-8H3. The number of allylic oxidation sites excluding steroid dienone is 5. The first-order chi connectivity index (χ1) is 15.3. The molecule has 0 bridgehead atoms. The van der Waals surface area contributed by atoms with Crippen LogP contribution < -0.4 is 4.90 Å². The Balaban J connectivity index is 2.47. The molecule has 0 amide bonds. The zero-order chi connectivity index (χ0) is 24.7. The van der Waals surface area contributed by atoms with Gasteiger partial charge in [-0.05, 0) is 85.9 Å². The van der Waals surface area contributed by atoms with Crippen molar-refractivity contribution in [1.29, 1.82) is 0 Å². The van der Waals surface area contributed by atoms with Gasteiger partial charge in [-0.15, -0.1) is 0 Å². The predicted molar refractivity (Wildman–Crippen MR) is 135 cm³/mol. The second-order valence-corrected chi connectivity index (χ2v) is 10.4. The van der Waals surface area contributed by atoms with E-state index in [0.29, 0.717) is 5.56 Å². The van der Waals surface area contributed by atoms with Gasteiger partial charge in [0, 0.05) is 36.5 Å². The van der Waals surface area contributed by atoms with Crippen LogP contribution in [0.15, 0.2) is 70.2 Å². The lowest BCUT2D eigenvalue weighted by Crippen LogP contribution is -2.19. The third-order valence-corrected chi connectivity index (χ3v) is 6.77. The van der Waals surface area contributed by atoms with Crippen LogP contribution in [0.4, 0.5) is 5.69 Å². The molecule has 0 heterocycles. The summed E-state index contributed by atoms with van der Waals surface area (Å²) in [6.45, 7) is 8.19. The van der Waals surface area contributed by atoms with Crippen LogP contribution in [0.2, 0.25) is 0 Å². The number of nitrogens with zero attached hydrogens (tertiary/aromatic N) is 2. The quantitative estimate of drug-likeness (QED) is 0.486. The summed E-state index contributed by atoms with van der Waals surface area (Å²) in [6.07, 6.45) is 4.13. The third-order valence-electron chi connectivity index (χ3n) is 5.88. The highest BCUT2D eigenvalue weighted by molar-refractivity contribution is 7.85. The molecule has 3 rings (SSSR count). The van der Waals surface area contributed by atoms with Gasteiger partial charge < -0.3 is 9.45 Å². The van der Waals surface area contributed by atoms with Crippen molar-refractivity contribution in [2.45, 2.75) is 32.6 Å². The summed E-state index contributed by atoms with van der Waals surface area (Å²) in [4.78, 5) is 1.86. The second-order valence-electron chi connectivity index (χ2n) is 9.03. The average Bonchev–Trinajstić information content (AvgIpc) is 2.66. The Morgan fingerprint density at radius 1 is 0.909 bits per heavy atom. The highest BCUT2D eigenvalue weighted by Crippen LogP contribution is 2.38. The minimum Gasteiger partial charge on any atom is -0.744 e. The molecule has 6 heteroatoms. The summed E-state index contributed by atoms with van der Waals surface area (Å²) in [7, 11) is 3.36. The molecule has 0 N–H and O–H groups in total. The average molecular weight is 465 g/mol. The summed E-state index contributed by atoms with van der Waals surface area (Å²) in [5.74, 6) is 0. The van der Waals surface area contributed by atoms with E-state index in [1.807, 2.05) is 55.9 Å². The van der Waals surface area contributed by atoms with Crippen LogP contribution in [-0.2, 0) is 10.1 Å². The molecule has 0 saturated carbocycles. The molecule has 0 saturated heterocycles. The van der Waals surface area contributed by atoms with Crippen molar-refractivity contribution < 1.29 is 17.5 Å². The maximum atomic E-state index is 12.2. The molecule has 0 aliphatic heterocycles. The molecule has 0 atom stereocenters. The first-order valence-corrected chi connectivity index (χ1v) is 12.2. The summed E-state index contributed by atoms with van der Waals surface area (Å²) in [6, 6.07) is 10.6. The molecule has 33 heavy (non-hydrogen) atoms. The van der Waals surface area contributed by atoms with Crippen molar-refractivity contribution >= 4 is 27.1 Å². The monoisotopic (exact) mass is 464 g/mol. The Kier molecular flexibility index (Phi) is 6.82. The van der Waals surface area contributed by atoms with Gasteiger partial charge in [0.15, 0.2) is 0 Å². The topological polar surface area (TPSA) is 63.4 Å². The van der Waals surface area contributed by atoms with Crippen molar-refractivity contribution in [3.8, 4) is 0 Å². The SMILES string of the molecule is CC1=CC(=C(c2cc(C)c(N(C)C)c(C)c2)c2ccccc2S(=O)(=O)[O-])C=C(C)C1=[N+](C)C. The van der Waals surface area contributed by atoms with E-state index >= 15 is 0 Å². The summed E-state index contributed by atoms with van der Waals surface area (Å²) < 4.78 is 38.7. The van der Waals surface area contributed by atoms with Crippen molar-refractivity contribution in [3.05, 3.63) is 87.5 Å². The lowest BCUT2D eigenvalue weighted by Gasteiger charge is -2.24. The number of hydrogen-bond donors (Lipinski definition) is 0. The van der Waals surface area contributed by atoms with Gasteiger partial charge in [0.2, 0.25) is 5.71 Å². The van der Waals surface area contributed by atoms with E-state index in [0.717, 1.165) is 50.4 Å². The van der Waals surface area contributed by atoms with Crippen molar-refractivity contribution in [2.24, 2.45) is 0 Å². The predicted octanol–water partition coefficient (Wildman–Crippen LogP) is 4.69. The van der Waals surface area contributed by atoms with Gasteiger partial charge >= 0.3 is 0 Å². The van der Waals surface area contributed by atoms with E-state index < -0.39 is 10.1 Å². The Morgan fingerprint density at radius 3 is 1.88 bits per heavy atom. The van der Waals surface area contributed by atoms with Crippen LogP contribution in [0.3, 0.4) is 0 Å². The maximum Gasteiger partial charge on any atom is 0.205 e. The van der Waals surface area contributed by atoms with Crippen LogP contribution >= 0.6 is 0 Å². The maximum absolute atomic E-state index is 12.2. The van der Waals surface area contributed by atoms with Crippen molar-refractivity contribution in [2.75, 3.05) is 33.1 Å². The van der Waals surface area contributed by atoms with Crippen LogP contribution in [0.1, 0.15) is 36.1 Å². The lowest BCUT2D eigenvalue weighted by molar-refractivity contribution is -0.463. The highest BCUT2D eigenvalue weighted by Gasteiger charge is 2.23. The molecular weight excluding hydrogens is 432 g/mol. The van der Waals surface area contributed by atoms with Crippen molar-refractivity contribution in [1.82, 2.24) is 0 Å². The molecule has 5 nitrogen and oxygen atoms in total. The molecule has 174 valence electrons. The fraction of sp³-hybridized carbons (Fsp3) is 0.296. The van der Waals surface area contributed by atoms with E-state index in [-0.39, 0.29) is 4.90 Å².